The van der Waals surface area contributed by atoms with E-state index in [9.17, 15) is 14.7 Å². The summed E-state index contributed by atoms with van der Waals surface area (Å²) >= 11 is 0. The van der Waals surface area contributed by atoms with Crippen molar-refractivity contribution in [2.24, 2.45) is 17.3 Å². The van der Waals surface area contributed by atoms with Gasteiger partial charge in [-0.1, -0.05) is 70.4 Å². The molecule has 36 heavy (non-hydrogen) atoms. The lowest BCUT2D eigenvalue weighted by Gasteiger charge is -2.36. The van der Waals surface area contributed by atoms with Crippen LogP contribution < -0.4 is 10.1 Å². The molecule has 194 valence electrons. The number of ether oxygens (including phenoxy) is 1. The van der Waals surface area contributed by atoms with Crippen molar-refractivity contribution in [3.05, 3.63) is 59.9 Å². The number of methoxy groups -OCH3 is 1. The number of benzene rings is 1. The Morgan fingerprint density at radius 1 is 1.08 bits per heavy atom. The van der Waals surface area contributed by atoms with Crippen molar-refractivity contribution in [2.75, 3.05) is 7.11 Å². The fraction of sp³-hybridized carbons (Fsp3) is 0.552. The third-order valence-electron chi connectivity index (χ3n) is 7.84. The van der Waals surface area contributed by atoms with Crippen molar-refractivity contribution >= 4 is 11.9 Å². The molecule has 1 amide bonds. The molecule has 1 aromatic carbocycles. The van der Waals surface area contributed by atoms with Gasteiger partial charge in [-0.15, -0.1) is 0 Å². The number of carboxylic acids is 1. The van der Waals surface area contributed by atoms with Gasteiger partial charge >= 0.3 is 5.97 Å². The minimum absolute atomic E-state index is 0.0232. The maximum Gasteiger partial charge on any atom is 0.326 e. The zero-order valence-electron chi connectivity index (χ0n) is 21.8. The van der Waals surface area contributed by atoms with Crippen LogP contribution in [0.3, 0.4) is 0 Å². The summed E-state index contributed by atoms with van der Waals surface area (Å²) in [5.74, 6) is -0.731. The number of hydrogen-bond donors (Lipinski definition) is 2. The third-order valence-corrected chi connectivity index (χ3v) is 7.84. The number of carbonyl (C=O) groups excluding carboxylic acids is 1. The molecule has 1 aliphatic carbocycles. The fourth-order valence-electron chi connectivity index (χ4n) is 6.24. The predicted molar refractivity (Wildman–Crippen MR) is 138 cm³/mol. The van der Waals surface area contributed by atoms with Crippen LogP contribution in [-0.2, 0) is 16.1 Å². The number of nitrogens with zero attached hydrogens (tertiary/aromatic N) is 2. The molecule has 4 rings (SSSR count). The highest BCUT2D eigenvalue weighted by atomic mass is 16.5. The summed E-state index contributed by atoms with van der Waals surface area (Å²) in [5, 5.41) is 14.2. The molecule has 1 saturated carbocycles. The summed E-state index contributed by atoms with van der Waals surface area (Å²) < 4.78 is 5.50. The van der Waals surface area contributed by atoms with Crippen molar-refractivity contribution in [3.63, 3.8) is 0 Å². The van der Waals surface area contributed by atoms with E-state index in [4.69, 9.17) is 4.74 Å². The molecule has 7 nitrogen and oxygen atoms in total. The Labute approximate surface area is 214 Å². The average Bonchev–Trinajstić information content (AvgIpc) is 3.24. The second-order valence-corrected chi connectivity index (χ2v) is 11.2. The normalized spacial score (nSPS) is 25.1. The van der Waals surface area contributed by atoms with Crippen molar-refractivity contribution in [2.45, 2.75) is 77.5 Å². The molecule has 0 radical (unpaired) electrons. The highest BCUT2D eigenvalue weighted by molar-refractivity contribution is 5.87. The van der Waals surface area contributed by atoms with Gasteiger partial charge in [0.25, 0.3) is 0 Å². The van der Waals surface area contributed by atoms with Crippen LogP contribution in [0.4, 0.5) is 0 Å². The molecule has 2 heterocycles. The van der Waals surface area contributed by atoms with Crippen LogP contribution in [0.1, 0.15) is 70.2 Å². The van der Waals surface area contributed by atoms with Crippen LogP contribution in [0.5, 0.6) is 5.75 Å². The Bertz CT molecular complexity index is 1050. The molecule has 2 N–H and O–H groups in total. The maximum absolute atomic E-state index is 14.1. The molecule has 2 aromatic rings. The first kappa shape index (κ1) is 26.1. The highest BCUT2D eigenvalue weighted by Gasteiger charge is 2.58. The lowest BCUT2D eigenvalue weighted by atomic mass is 9.72. The number of hydrogen-bond acceptors (Lipinski definition) is 5. The van der Waals surface area contributed by atoms with Crippen LogP contribution in [0.15, 0.2) is 48.7 Å². The van der Waals surface area contributed by atoms with Crippen LogP contribution in [0.25, 0.3) is 0 Å². The number of rotatable bonds is 7. The Morgan fingerprint density at radius 3 is 2.39 bits per heavy atom. The minimum Gasteiger partial charge on any atom is -0.495 e. The summed E-state index contributed by atoms with van der Waals surface area (Å²) in [6.07, 6.45) is 6.54. The Kier molecular flexibility index (Phi) is 7.98. The highest BCUT2D eigenvalue weighted by Crippen LogP contribution is 2.49. The average molecular weight is 494 g/mol. The summed E-state index contributed by atoms with van der Waals surface area (Å²) in [5.41, 5.74) is 1.33. The Balaban J connectivity index is 1.80. The largest absolute Gasteiger partial charge is 0.495 e. The topological polar surface area (TPSA) is 91.8 Å². The zero-order valence-corrected chi connectivity index (χ0v) is 21.8. The summed E-state index contributed by atoms with van der Waals surface area (Å²) in [4.78, 5) is 33.2. The molecular weight excluding hydrogens is 454 g/mol. The van der Waals surface area contributed by atoms with E-state index in [2.05, 4.69) is 31.1 Å². The van der Waals surface area contributed by atoms with Crippen molar-refractivity contribution in [1.82, 2.24) is 15.2 Å². The molecule has 2 aliphatic rings. The molecule has 4 unspecified atom stereocenters. The number of carbonyl (C=O) groups is 2. The van der Waals surface area contributed by atoms with Crippen molar-refractivity contribution in [3.8, 4) is 5.75 Å². The fourth-order valence-corrected chi connectivity index (χ4v) is 6.24. The number of likely N-dealkylation sites (tertiary alicyclic amines) is 1. The predicted octanol–water partition coefficient (Wildman–Crippen LogP) is 4.83. The molecule has 4 atom stereocenters. The van der Waals surface area contributed by atoms with Gasteiger partial charge in [0, 0.05) is 30.6 Å². The van der Waals surface area contributed by atoms with Gasteiger partial charge in [0.1, 0.15) is 11.8 Å². The van der Waals surface area contributed by atoms with E-state index in [1.807, 2.05) is 42.5 Å². The van der Waals surface area contributed by atoms with Gasteiger partial charge < -0.3 is 20.1 Å². The van der Waals surface area contributed by atoms with E-state index in [1.54, 1.807) is 18.2 Å². The van der Waals surface area contributed by atoms with E-state index in [-0.39, 0.29) is 29.2 Å². The second-order valence-electron chi connectivity index (χ2n) is 11.2. The summed E-state index contributed by atoms with van der Waals surface area (Å²) in [6, 6.07) is 12.0. The molecule has 7 heteroatoms. The molecular formula is C29H39N3O4. The third kappa shape index (κ3) is 5.26. The lowest BCUT2D eigenvalue weighted by Crippen LogP contribution is -2.49. The number of carboxylic acid groups (broad SMARTS) is 1. The maximum atomic E-state index is 14.1. The first-order valence-corrected chi connectivity index (χ1v) is 13.0. The van der Waals surface area contributed by atoms with Gasteiger partial charge in [-0.05, 0) is 36.0 Å². The second kappa shape index (κ2) is 11.0. The molecule has 2 fully saturated rings. The molecule has 1 aliphatic heterocycles. The van der Waals surface area contributed by atoms with Gasteiger partial charge in [-0.3, -0.25) is 9.78 Å². The van der Waals surface area contributed by atoms with E-state index in [0.29, 0.717) is 12.3 Å². The molecule has 1 saturated heterocycles. The summed E-state index contributed by atoms with van der Waals surface area (Å²) in [7, 11) is 1.62. The summed E-state index contributed by atoms with van der Waals surface area (Å²) in [6.45, 7) is 6.61. The van der Waals surface area contributed by atoms with Gasteiger partial charge in [-0.2, -0.15) is 0 Å². The van der Waals surface area contributed by atoms with Gasteiger partial charge in [0.15, 0.2) is 0 Å². The smallest absolute Gasteiger partial charge is 0.326 e. The van der Waals surface area contributed by atoms with Gasteiger partial charge in [0.2, 0.25) is 5.91 Å². The van der Waals surface area contributed by atoms with E-state index in [1.165, 1.54) is 0 Å². The van der Waals surface area contributed by atoms with E-state index in [0.717, 1.165) is 43.4 Å². The first-order chi connectivity index (χ1) is 17.2. The standard InChI is InChI=1S/C29H39N3O4/c1-29(2,3)23-24(31-18-21-22(36-4)16-11-17-30-21)25(19-12-7-5-8-13-19)32(26(23)28(34)35)27(33)20-14-9-6-10-15-20/h5,7-8,11-13,16-17,20,23-26,31H,6,9-10,14-15,18H2,1-4H3,(H,34,35). The zero-order chi connectivity index (χ0) is 25.9. The quantitative estimate of drug-likeness (QED) is 0.574. The number of aliphatic carboxylic acids is 1. The lowest BCUT2D eigenvalue weighted by molar-refractivity contribution is -0.154. The van der Waals surface area contributed by atoms with Gasteiger partial charge in [-0.25, -0.2) is 4.79 Å². The number of pyridine rings is 1. The minimum atomic E-state index is -0.945. The van der Waals surface area contributed by atoms with Gasteiger partial charge in [0.05, 0.1) is 18.8 Å². The Morgan fingerprint density at radius 2 is 1.78 bits per heavy atom. The number of aromatic nitrogens is 1. The molecule has 0 spiro atoms. The van der Waals surface area contributed by atoms with Crippen LogP contribution in [0, 0.1) is 17.3 Å². The van der Waals surface area contributed by atoms with Crippen LogP contribution in [0.2, 0.25) is 0 Å². The van der Waals surface area contributed by atoms with Crippen molar-refractivity contribution < 1.29 is 19.4 Å². The molecule has 1 aromatic heterocycles. The Hall–Kier alpha value is -2.93. The first-order valence-electron chi connectivity index (χ1n) is 13.0. The number of nitrogens with one attached hydrogen (secondary N) is 1. The molecule has 0 bridgehead atoms. The number of amides is 1. The van der Waals surface area contributed by atoms with Crippen LogP contribution >= 0.6 is 0 Å². The SMILES string of the molecule is COc1cccnc1CNC1C(c2ccccc2)N(C(=O)C2CCCCC2)C(C(=O)O)C1C(C)(C)C. The monoisotopic (exact) mass is 493 g/mol. The van der Waals surface area contributed by atoms with E-state index < -0.39 is 18.1 Å². The van der Waals surface area contributed by atoms with Crippen molar-refractivity contribution in [1.29, 1.82) is 0 Å². The van der Waals surface area contributed by atoms with Crippen LogP contribution in [-0.4, -0.2) is 46.1 Å². The van der Waals surface area contributed by atoms with E-state index >= 15 is 0 Å².